The Morgan fingerprint density at radius 2 is 1.82 bits per heavy atom. The summed E-state index contributed by atoms with van der Waals surface area (Å²) in [4.78, 5) is 26.4. The van der Waals surface area contributed by atoms with Crippen LogP contribution in [0.3, 0.4) is 0 Å². The van der Waals surface area contributed by atoms with Crippen LogP contribution in [-0.2, 0) is 14.3 Å². The number of para-hydroxylation sites is 1. The maximum atomic E-state index is 12.9. The molecule has 2 atom stereocenters. The molecule has 1 aliphatic heterocycles. The molecule has 1 amide bonds. The first-order valence-electron chi connectivity index (χ1n) is 9.00. The van der Waals surface area contributed by atoms with Crippen LogP contribution in [0.4, 0.5) is 0 Å². The van der Waals surface area contributed by atoms with Crippen LogP contribution in [0.25, 0.3) is 11.1 Å². The van der Waals surface area contributed by atoms with Gasteiger partial charge in [0.15, 0.2) is 6.79 Å². The summed E-state index contributed by atoms with van der Waals surface area (Å²) in [5.41, 5.74) is 8.25. The predicted octanol–water partition coefficient (Wildman–Crippen LogP) is 2.05. The van der Waals surface area contributed by atoms with Crippen LogP contribution in [0, 0.1) is 0 Å². The first kappa shape index (κ1) is 19.9. The van der Waals surface area contributed by atoms with Gasteiger partial charge in [0.05, 0.1) is 7.11 Å². The zero-order valence-corrected chi connectivity index (χ0v) is 16.0. The SMILES string of the molecule is COCOc1ccccc1-c1ccc(C(=O)N2C[C@@H](N)C[C@H]2C(=O)OC)cc1. The number of nitrogens with two attached hydrogens (primary N) is 1. The number of carbonyl (C=O) groups is 2. The van der Waals surface area contributed by atoms with Crippen LogP contribution >= 0.6 is 0 Å². The predicted molar refractivity (Wildman–Crippen MR) is 104 cm³/mol. The number of hydrogen-bond donors (Lipinski definition) is 1. The second-order valence-corrected chi connectivity index (χ2v) is 6.62. The van der Waals surface area contributed by atoms with Gasteiger partial charge in [0.25, 0.3) is 5.91 Å². The number of rotatable bonds is 6. The van der Waals surface area contributed by atoms with Gasteiger partial charge in [-0.15, -0.1) is 0 Å². The van der Waals surface area contributed by atoms with Crippen LogP contribution in [0.5, 0.6) is 5.75 Å². The molecule has 148 valence electrons. The molecule has 7 nitrogen and oxygen atoms in total. The van der Waals surface area contributed by atoms with Crippen molar-refractivity contribution < 1.29 is 23.8 Å². The van der Waals surface area contributed by atoms with E-state index in [1.807, 2.05) is 36.4 Å². The molecule has 0 saturated carbocycles. The Bertz CT molecular complexity index is 837. The standard InChI is InChI=1S/C21H24N2O5/c1-26-13-28-19-6-4-3-5-17(19)14-7-9-15(10-8-14)20(24)23-12-16(22)11-18(23)21(25)27-2/h3-10,16,18H,11-13,22H2,1-2H3/t16-,18-/m0/s1. The van der Waals surface area contributed by atoms with Gasteiger partial charge < -0.3 is 24.8 Å². The van der Waals surface area contributed by atoms with Crippen molar-refractivity contribution in [3.8, 4) is 16.9 Å². The molecule has 0 unspecified atom stereocenters. The van der Waals surface area contributed by atoms with E-state index in [9.17, 15) is 9.59 Å². The summed E-state index contributed by atoms with van der Waals surface area (Å²) < 4.78 is 15.4. The van der Waals surface area contributed by atoms with Crippen LogP contribution in [0.2, 0.25) is 0 Å². The zero-order chi connectivity index (χ0) is 20.1. The maximum Gasteiger partial charge on any atom is 0.328 e. The van der Waals surface area contributed by atoms with Gasteiger partial charge in [0, 0.05) is 30.8 Å². The summed E-state index contributed by atoms with van der Waals surface area (Å²) in [6.45, 7) is 0.478. The fraction of sp³-hybridized carbons (Fsp3) is 0.333. The first-order valence-corrected chi connectivity index (χ1v) is 9.00. The van der Waals surface area contributed by atoms with Crippen molar-refractivity contribution >= 4 is 11.9 Å². The van der Waals surface area contributed by atoms with Crippen molar-refractivity contribution in [2.45, 2.75) is 18.5 Å². The third kappa shape index (κ3) is 4.16. The highest BCUT2D eigenvalue weighted by molar-refractivity contribution is 5.97. The van der Waals surface area contributed by atoms with Crippen LogP contribution < -0.4 is 10.5 Å². The molecular formula is C21H24N2O5. The molecule has 7 heteroatoms. The molecular weight excluding hydrogens is 360 g/mol. The molecule has 1 heterocycles. The third-order valence-corrected chi connectivity index (χ3v) is 4.73. The summed E-state index contributed by atoms with van der Waals surface area (Å²) in [6.07, 6.45) is 0.403. The minimum atomic E-state index is -0.643. The molecule has 0 aliphatic carbocycles. The Kier molecular flexibility index (Phi) is 6.28. The molecule has 28 heavy (non-hydrogen) atoms. The average molecular weight is 384 g/mol. The number of esters is 1. The number of benzene rings is 2. The van der Waals surface area contributed by atoms with Gasteiger partial charge in [0.2, 0.25) is 0 Å². The summed E-state index contributed by atoms with van der Waals surface area (Å²) in [6, 6.07) is 13.9. The molecule has 1 aliphatic rings. The summed E-state index contributed by atoms with van der Waals surface area (Å²) in [7, 11) is 2.88. The van der Waals surface area contributed by atoms with E-state index in [0.717, 1.165) is 11.1 Å². The van der Waals surface area contributed by atoms with E-state index < -0.39 is 12.0 Å². The lowest BCUT2D eigenvalue weighted by molar-refractivity contribution is -0.145. The second kappa shape index (κ2) is 8.86. The Balaban J connectivity index is 1.81. The van der Waals surface area contributed by atoms with Gasteiger partial charge >= 0.3 is 5.97 Å². The summed E-state index contributed by atoms with van der Waals surface area (Å²) in [5, 5.41) is 0. The molecule has 3 rings (SSSR count). The highest BCUT2D eigenvalue weighted by Crippen LogP contribution is 2.30. The lowest BCUT2D eigenvalue weighted by Crippen LogP contribution is -2.41. The van der Waals surface area contributed by atoms with E-state index in [-0.39, 0.29) is 18.7 Å². The largest absolute Gasteiger partial charge is 0.467 e. The minimum Gasteiger partial charge on any atom is -0.467 e. The molecule has 2 aromatic rings. The van der Waals surface area contributed by atoms with Gasteiger partial charge in [-0.25, -0.2) is 4.79 Å². The quantitative estimate of drug-likeness (QED) is 0.605. The number of ether oxygens (including phenoxy) is 3. The number of hydrogen-bond acceptors (Lipinski definition) is 6. The van der Waals surface area contributed by atoms with E-state index in [0.29, 0.717) is 24.3 Å². The van der Waals surface area contributed by atoms with Crippen molar-refractivity contribution in [2.75, 3.05) is 27.6 Å². The van der Waals surface area contributed by atoms with Gasteiger partial charge in [-0.2, -0.15) is 0 Å². The van der Waals surface area contributed by atoms with Crippen LogP contribution in [0.1, 0.15) is 16.8 Å². The number of amides is 1. The Hall–Kier alpha value is -2.90. The number of nitrogens with zero attached hydrogens (tertiary/aromatic N) is 1. The summed E-state index contributed by atoms with van der Waals surface area (Å²) in [5.74, 6) is 0.0145. The topological polar surface area (TPSA) is 91.1 Å². The average Bonchev–Trinajstić information content (AvgIpc) is 3.13. The molecule has 1 saturated heterocycles. The van der Waals surface area contributed by atoms with Crippen molar-refractivity contribution in [1.82, 2.24) is 4.90 Å². The molecule has 1 fully saturated rings. The smallest absolute Gasteiger partial charge is 0.328 e. The molecule has 0 aromatic heterocycles. The Morgan fingerprint density at radius 1 is 1.11 bits per heavy atom. The first-order chi connectivity index (χ1) is 13.5. The maximum absolute atomic E-state index is 12.9. The fourth-order valence-electron chi connectivity index (χ4n) is 3.36. The van der Waals surface area contributed by atoms with Crippen molar-refractivity contribution in [3.05, 3.63) is 54.1 Å². The van der Waals surface area contributed by atoms with E-state index in [2.05, 4.69) is 0 Å². The Labute approximate surface area is 164 Å². The molecule has 0 bridgehead atoms. The fourth-order valence-corrected chi connectivity index (χ4v) is 3.36. The summed E-state index contributed by atoms with van der Waals surface area (Å²) >= 11 is 0. The second-order valence-electron chi connectivity index (χ2n) is 6.62. The molecule has 2 N–H and O–H groups in total. The van der Waals surface area contributed by atoms with E-state index in [1.54, 1.807) is 19.2 Å². The van der Waals surface area contributed by atoms with E-state index >= 15 is 0 Å². The number of carbonyl (C=O) groups excluding carboxylic acids is 2. The lowest BCUT2D eigenvalue weighted by atomic mass is 10.0. The normalized spacial score (nSPS) is 18.8. The van der Waals surface area contributed by atoms with Crippen LogP contribution in [-0.4, -0.2) is 56.4 Å². The lowest BCUT2D eigenvalue weighted by Gasteiger charge is -2.22. The van der Waals surface area contributed by atoms with Crippen molar-refractivity contribution in [3.63, 3.8) is 0 Å². The highest BCUT2D eigenvalue weighted by Gasteiger charge is 2.39. The molecule has 0 radical (unpaired) electrons. The van der Waals surface area contributed by atoms with Gasteiger partial charge in [-0.05, 0) is 30.2 Å². The zero-order valence-electron chi connectivity index (χ0n) is 16.0. The number of methoxy groups -OCH3 is 2. The van der Waals surface area contributed by atoms with Crippen LogP contribution in [0.15, 0.2) is 48.5 Å². The van der Waals surface area contributed by atoms with Crippen molar-refractivity contribution in [1.29, 1.82) is 0 Å². The van der Waals surface area contributed by atoms with Gasteiger partial charge in [-0.1, -0.05) is 30.3 Å². The monoisotopic (exact) mass is 384 g/mol. The van der Waals surface area contributed by atoms with Gasteiger partial charge in [-0.3, -0.25) is 4.79 Å². The van der Waals surface area contributed by atoms with Crippen molar-refractivity contribution in [2.24, 2.45) is 5.73 Å². The minimum absolute atomic E-state index is 0.151. The Morgan fingerprint density at radius 3 is 2.50 bits per heavy atom. The highest BCUT2D eigenvalue weighted by atomic mass is 16.7. The molecule has 2 aromatic carbocycles. The molecule has 0 spiro atoms. The van der Waals surface area contributed by atoms with Gasteiger partial charge in [0.1, 0.15) is 11.8 Å². The van der Waals surface area contributed by atoms with E-state index in [4.69, 9.17) is 19.9 Å². The third-order valence-electron chi connectivity index (χ3n) is 4.73. The number of likely N-dealkylation sites (tertiary alicyclic amines) is 1. The van der Waals surface area contributed by atoms with E-state index in [1.165, 1.54) is 12.0 Å².